The molecular weight excluding hydrogens is 248 g/mol. The van der Waals surface area contributed by atoms with Crippen LogP contribution in [0.4, 0.5) is 5.69 Å². The van der Waals surface area contributed by atoms with Gasteiger partial charge in [-0.1, -0.05) is 17.7 Å². The molecule has 0 saturated carbocycles. The minimum Gasteiger partial charge on any atom is -0.396 e. The lowest BCUT2D eigenvalue weighted by Gasteiger charge is -2.45. The first-order valence-electron chi connectivity index (χ1n) is 6.39. The third kappa shape index (κ3) is 3.37. The Bertz CT molecular complexity index is 409. The van der Waals surface area contributed by atoms with Gasteiger partial charge in [0, 0.05) is 42.0 Å². The zero-order valence-corrected chi connectivity index (χ0v) is 11.7. The molecule has 0 aromatic heterocycles. The zero-order chi connectivity index (χ0) is 13.2. The van der Waals surface area contributed by atoms with Crippen molar-refractivity contribution < 1.29 is 5.11 Å². The summed E-state index contributed by atoms with van der Waals surface area (Å²) in [6.07, 6.45) is 0.778. The maximum absolute atomic E-state index is 9.11. The molecule has 2 rings (SSSR count). The lowest BCUT2D eigenvalue weighted by Crippen LogP contribution is -2.62. The second kappa shape index (κ2) is 5.47. The Balaban J connectivity index is 2.16. The van der Waals surface area contributed by atoms with Crippen LogP contribution < -0.4 is 10.2 Å². The molecule has 0 radical (unpaired) electrons. The lowest BCUT2D eigenvalue weighted by molar-refractivity contribution is 0.224. The van der Waals surface area contributed by atoms with Gasteiger partial charge in [0.1, 0.15) is 0 Å². The van der Waals surface area contributed by atoms with E-state index in [4.69, 9.17) is 16.7 Å². The van der Waals surface area contributed by atoms with Gasteiger partial charge < -0.3 is 15.3 Å². The molecule has 1 fully saturated rings. The second-order valence-corrected chi connectivity index (χ2v) is 6.03. The maximum Gasteiger partial charge on any atom is 0.0446 e. The van der Waals surface area contributed by atoms with Crippen LogP contribution in [0.2, 0.25) is 5.02 Å². The molecule has 1 unspecified atom stereocenters. The highest BCUT2D eigenvalue weighted by atomic mass is 35.5. The van der Waals surface area contributed by atoms with Crippen LogP contribution in [0.3, 0.4) is 0 Å². The number of aliphatic hydroxyl groups excluding tert-OH is 1. The van der Waals surface area contributed by atoms with E-state index in [1.165, 1.54) is 0 Å². The van der Waals surface area contributed by atoms with E-state index in [-0.39, 0.29) is 12.1 Å². The first-order chi connectivity index (χ1) is 8.50. The molecule has 1 heterocycles. The number of rotatable bonds is 3. The molecule has 1 aromatic carbocycles. The van der Waals surface area contributed by atoms with Gasteiger partial charge in [0.05, 0.1) is 0 Å². The van der Waals surface area contributed by atoms with Gasteiger partial charge in [0.2, 0.25) is 0 Å². The van der Waals surface area contributed by atoms with Crippen molar-refractivity contribution in [2.45, 2.75) is 31.8 Å². The highest BCUT2D eigenvalue weighted by molar-refractivity contribution is 6.30. The minimum absolute atomic E-state index is 0.0421. The van der Waals surface area contributed by atoms with E-state index >= 15 is 0 Å². The molecule has 1 atom stereocenters. The van der Waals surface area contributed by atoms with Crippen LogP contribution >= 0.6 is 11.6 Å². The number of nitrogens with zero attached hydrogens (tertiary/aromatic N) is 1. The summed E-state index contributed by atoms with van der Waals surface area (Å²) in [6, 6.07) is 8.28. The molecular formula is C14H21ClN2O. The first-order valence-corrected chi connectivity index (χ1v) is 6.77. The Morgan fingerprint density at radius 2 is 2.28 bits per heavy atom. The van der Waals surface area contributed by atoms with Crippen LogP contribution in [0.1, 0.15) is 20.3 Å². The molecule has 1 aliphatic rings. The van der Waals surface area contributed by atoms with Crippen molar-refractivity contribution in [2.24, 2.45) is 0 Å². The summed E-state index contributed by atoms with van der Waals surface area (Å²) in [5.74, 6) is 0. The van der Waals surface area contributed by atoms with E-state index in [1.807, 2.05) is 18.2 Å². The Hall–Kier alpha value is -0.770. The quantitative estimate of drug-likeness (QED) is 0.883. The van der Waals surface area contributed by atoms with Crippen molar-refractivity contribution in [3.05, 3.63) is 29.3 Å². The number of hydrogen-bond acceptors (Lipinski definition) is 3. The molecule has 1 aliphatic heterocycles. The van der Waals surface area contributed by atoms with Crippen molar-refractivity contribution in [2.75, 3.05) is 24.6 Å². The molecule has 1 saturated heterocycles. The van der Waals surface area contributed by atoms with Crippen LogP contribution in [-0.4, -0.2) is 36.4 Å². The molecule has 4 heteroatoms. The van der Waals surface area contributed by atoms with Crippen molar-refractivity contribution in [3.63, 3.8) is 0 Å². The number of anilines is 1. The van der Waals surface area contributed by atoms with Gasteiger partial charge >= 0.3 is 0 Å². The average molecular weight is 269 g/mol. The van der Waals surface area contributed by atoms with Gasteiger partial charge in [-0.3, -0.25) is 0 Å². The molecule has 2 N–H and O–H groups in total. The highest BCUT2D eigenvalue weighted by Crippen LogP contribution is 2.25. The average Bonchev–Trinajstić information content (AvgIpc) is 2.27. The number of benzene rings is 1. The number of hydrogen-bond donors (Lipinski definition) is 2. The largest absolute Gasteiger partial charge is 0.396 e. The number of nitrogens with one attached hydrogen (secondary N) is 1. The number of aliphatic hydroxyl groups is 1. The SMILES string of the molecule is CC1(C)CN(c2cccc(Cl)c2)CC(CCO)N1. The summed E-state index contributed by atoms with van der Waals surface area (Å²) < 4.78 is 0. The fraction of sp³-hybridized carbons (Fsp3) is 0.571. The molecule has 0 spiro atoms. The topological polar surface area (TPSA) is 35.5 Å². The van der Waals surface area contributed by atoms with Gasteiger partial charge in [0.15, 0.2) is 0 Å². The molecule has 100 valence electrons. The maximum atomic E-state index is 9.11. The van der Waals surface area contributed by atoms with Crippen molar-refractivity contribution >= 4 is 17.3 Å². The fourth-order valence-corrected chi connectivity index (χ4v) is 2.82. The second-order valence-electron chi connectivity index (χ2n) is 5.60. The molecule has 0 aliphatic carbocycles. The fourth-order valence-electron chi connectivity index (χ4n) is 2.64. The summed E-state index contributed by atoms with van der Waals surface area (Å²) in [5.41, 5.74) is 1.19. The van der Waals surface area contributed by atoms with Crippen LogP contribution in [0.5, 0.6) is 0 Å². The van der Waals surface area contributed by atoms with Crippen LogP contribution in [0.15, 0.2) is 24.3 Å². The van der Waals surface area contributed by atoms with Crippen molar-refractivity contribution in [1.29, 1.82) is 0 Å². The van der Waals surface area contributed by atoms with E-state index < -0.39 is 0 Å². The van der Waals surface area contributed by atoms with Crippen molar-refractivity contribution in [1.82, 2.24) is 5.32 Å². The molecule has 1 aromatic rings. The summed E-state index contributed by atoms with van der Waals surface area (Å²) in [6.45, 7) is 6.44. The minimum atomic E-state index is 0.0421. The summed E-state index contributed by atoms with van der Waals surface area (Å²) in [5, 5.41) is 13.4. The van der Waals surface area contributed by atoms with Gasteiger partial charge in [-0.25, -0.2) is 0 Å². The highest BCUT2D eigenvalue weighted by Gasteiger charge is 2.31. The summed E-state index contributed by atoms with van der Waals surface area (Å²) in [4.78, 5) is 2.34. The first kappa shape index (κ1) is 13.7. The Morgan fingerprint density at radius 1 is 1.50 bits per heavy atom. The summed E-state index contributed by atoms with van der Waals surface area (Å²) >= 11 is 6.05. The third-order valence-corrected chi connectivity index (χ3v) is 3.51. The molecule has 3 nitrogen and oxygen atoms in total. The van der Waals surface area contributed by atoms with Crippen LogP contribution in [0, 0.1) is 0 Å². The monoisotopic (exact) mass is 268 g/mol. The lowest BCUT2D eigenvalue weighted by atomic mass is 9.96. The van der Waals surface area contributed by atoms with E-state index in [0.717, 1.165) is 30.2 Å². The predicted octanol–water partition coefficient (Wildman–Crippen LogP) is 2.28. The van der Waals surface area contributed by atoms with Gasteiger partial charge in [-0.15, -0.1) is 0 Å². The van der Waals surface area contributed by atoms with E-state index in [0.29, 0.717) is 6.04 Å². The standard InChI is InChI=1S/C14H21ClN2O/c1-14(2)10-17(9-12(16-14)6-7-18)13-5-3-4-11(15)8-13/h3-5,8,12,16,18H,6-7,9-10H2,1-2H3. The number of halogens is 1. The van der Waals surface area contributed by atoms with Gasteiger partial charge in [0.25, 0.3) is 0 Å². The Morgan fingerprint density at radius 3 is 2.94 bits per heavy atom. The molecule has 18 heavy (non-hydrogen) atoms. The Labute approximate surface area is 114 Å². The Kier molecular flexibility index (Phi) is 4.15. The smallest absolute Gasteiger partial charge is 0.0446 e. The molecule has 0 amide bonds. The zero-order valence-electron chi connectivity index (χ0n) is 11.0. The number of piperazine rings is 1. The normalized spacial score (nSPS) is 23.1. The molecule has 0 bridgehead atoms. The van der Waals surface area contributed by atoms with E-state index in [2.05, 4.69) is 30.1 Å². The van der Waals surface area contributed by atoms with E-state index in [1.54, 1.807) is 0 Å². The third-order valence-electron chi connectivity index (χ3n) is 3.27. The van der Waals surface area contributed by atoms with Crippen LogP contribution in [0.25, 0.3) is 0 Å². The van der Waals surface area contributed by atoms with Gasteiger partial charge in [-0.2, -0.15) is 0 Å². The van der Waals surface area contributed by atoms with E-state index in [9.17, 15) is 0 Å². The summed E-state index contributed by atoms with van der Waals surface area (Å²) in [7, 11) is 0. The van der Waals surface area contributed by atoms with Crippen LogP contribution in [-0.2, 0) is 0 Å². The van der Waals surface area contributed by atoms with Gasteiger partial charge in [-0.05, 0) is 38.5 Å². The predicted molar refractivity (Wildman–Crippen MR) is 76.4 cm³/mol. The van der Waals surface area contributed by atoms with Crippen molar-refractivity contribution in [3.8, 4) is 0 Å².